The second-order valence-corrected chi connectivity index (χ2v) is 7.35. The van der Waals surface area contributed by atoms with Crippen molar-refractivity contribution in [3.8, 4) is 22.6 Å². The van der Waals surface area contributed by atoms with Gasteiger partial charge in [-0.05, 0) is 53.3 Å². The van der Waals surface area contributed by atoms with Gasteiger partial charge in [0.05, 0.1) is 13.7 Å². The number of ether oxygens (including phenoxy) is 2. The number of aliphatic hydroxyl groups is 4. The molecule has 2 aromatic carbocycles. The van der Waals surface area contributed by atoms with Crippen LogP contribution in [-0.2, 0) is 17.6 Å². The lowest BCUT2D eigenvalue weighted by Crippen LogP contribution is -2.55. The topological polar surface area (TPSA) is 120 Å². The molecule has 0 spiro atoms. The van der Waals surface area contributed by atoms with Crippen LogP contribution >= 0.6 is 0 Å². The van der Waals surface area contributed by atoms with Gasteiger partial charge < -0.3 is 35.0 Å². The van der Waals surface area contributed by atoms with Gasteiger partial charge in [-0.15, -0.1) is 0 Å². The average Bonchev–Trinajstić information content (AvgIpc) is 2.71. The van der Waals surface area contributed by atoms with E-state index in [9.17, 15) is 25.5 Å². The molecular weight excluding hydrogens is 364 g/mol. The van der Waals surface area contributed by atoms with Crippen molar-refractivity contribution in [2.24, 2.45) is 0 Å². The fourth-order valence-corrected chi connectivity index (χ4v) is 4.20. The van der Waals surface area contributed by atoms with Gasteiger partial charge in [-0.25, -0.2) is 0 Å². The molecule has 0 unspecified atom stereocenters. The van der Waals surface area contributed by atoms with Gasteiger partial charge in [0, 0.05) is 5.56 Å². The molecule has 1 heterocycles. The molecule has 28 heavy (non-hydrogen) atoms. The second kappa shape index (κ2) is 7.35. The van der Waals surface area contributed by atoms with Crippen LogP contribution in [0.25, 0.3) is 11.1 Å². The zero-order valence-corrected chi connectivity index (χ0v) is 15.4. The summed E-state index contributed by atoms with van der Waals surface area (Å²) >= 11 is 0. The maximum absolute atomic E-state index is 10.4. The van der Waals surface area contributed by atoms with Crippen LogP contribution in [0.4, 0.5) is 0 Å². The monoisotopic (exact) mass is 388 g/mol. The fraction of sp³-hybridized carbons (Fsp3) is 0.429. The lowest BCUT2D eigenvalue weighted by molar-refractivity contribution is -0.231. The van der Waals surface area contributed by atoms with E-state index < -0.39 is 37.1 Å². The zero-order chi connectivity index (χ0) is 20.0. The van der Waals surface area contributed by atoms with Crippen molar-refractivity contribution in [2.75, 3.05) is 13.7 Å². The van der Waals surface area contributed by atoms with Crippen molar-refractivity contribution in [1.82, 2.24) is 0 Å². The number of aliphatic hydroxyl groups excluding tert-OH is 4. The SMILES string of the molecule is COc1cc([C@@H]2O[C@H](CO)[C@H](O)[C@H](O)[C@H]2O)cc2c1-c1ccc(O)cc1CC2. The highest BCUT2D eigenvalue weighted by atomic mass is 16.5. The van der Waals surface area contributed by atoms with E-state index in [2.05, 4.69) is 0 Å². The largest absolute Gasteiger partial charge is 0.508 e. The first-order chi connectivity index (χ1) is 13.4. The molecule has 2 aromatic rings. The van der Waals surface area contributed by atoms with Gasteiger partial charge >= 0.3 is 0 Å². The van der Waals surface area contributed by atoms with Crippen molar-refractivity contribution in [3.05, 3.63) is 47.0 Å². The van der Waals surface area contributed by atoms with E-state index in [0.717, 1.165) is 28.7 Å². The van der Waals surface area contributed by atoms with Crippen LogP contribution in [0.3, 0.4) is 0 Å². The van der Waals surface area contributed by atoms with Crippen molar-refractivity contribution >= 4 is 0 Å². The number of methoxy groups -OCH3 is 1. The zero-order valence-electron chi connectivity index (χ0n) is 15.4. The minimum atomic E-state index is -1.43. The van der Waals surface area contributed by atoms with Crippen molar-refractivity contribution in [2.45, 2.75) is 43.4 Å². The summed E-state index contributed by atoms with van der Waals surface area (Å²) in [5, 5.41) is 49.7. The van der Waals surface area contributed by atoms with Gasteiger partial charge in [-0.2, -0.15) is 0 Å². The summed E-state index contributed by atoms with van der Waals surface area (Å²) in [7, 11) is 1.56. The number of phenolic OH excluding ortho intramolecular Hbond substituents is 1. The molecule has 0 aromatic heterocycles. The van der Waals surface area contributed by atoms with E-state index in [0.29, 0.717) is 17.7 Å². The maximum Gasteiger partial charge on any atom is 0.127 e. The molecule has 0 radical (unpaired) electrons. The number of hydrogen-bond donors (Lipinski definition) is 5. The number of phenols is 1. The van der Waals surface area contributed by atoms with Crippen LogP contribution in [0, 0.1) is 0 Å². The van der Waals surface area contributed by atoms with Gasteiger partial charge in [0.2, 0.25) is 0 Å². The highest BCUT2D eigenvalue weighted by Gasteiger charge is 2.44. The summed E-state index contributed by atoms with van der Waals surface area (Å²) in [5.74, 6) is 0.815. The second-order valence-electron chi connectivity index (χ2n) is 7.35. The number of benzene rings is 2. The van der Waals surface area contributed by atoms with E-state index in [4.69, 9.17) is 9.47 Å². The Balaban J connectivity index is 1.78. The van der Waals surface area contributed by atoms with Crippen LogP contribution in [0.15, 0.2) is 30.3 Å². The molecule has 4 rings (SSSR count). The van der Waals surface area contributed by atoms with Gasteiger partial charge in [-0.1, -0.05) is 12.1 Å². The first kappa shape index (κ1) is 19.2. The van der Waals surface area contributed by atoms with Crippen LogP contribution in [0.5, 0.6) is 11.5 Å². The molecule has 2 aliphatic rings. The van der Waals surface area contributed by atoms with Crippen LogP contribution < -0.4 is 4.74 Å². The van der Waals surface area contributed by atoms with Crippen molar-refractivity contribution < 1.29 is 35.0 Å². The molecule has 1 saturated heterocycles. The highest BCUT2D eigenvalue weighted by molar-refractivity contribution is 5.79. The molecule has 7 heteroatoms. The number of aryl methyl sites for hydroxylation is 2. The van der Waals surface area contributed by atoms with Gasteiger partial charge in [0.1, 0.15) is 42.0 Å². The van der Waals surface area contributed by atoms with E-state index in [1.165, 1.54) is 0 Å². The van der Waals surface area contributed by atoms with E-state index in [-0.39, 0.29) is 5.75 Å². The minimum Gasteiger partial charge on any atom is -0.508 e. The number of rotatable bonds is 3. The molecular formula is C21H24O7. The van der Waals surface area contributed by atoms with Crippen LogP contribution in [-0.4, -0.2) is 63.7 Å². The van der Waals surface area contributed by atoms with E-state index >= 15 is 0 Å². The standard InChI is InChI=1S/C21H24O7/c1-27-15-8-12(21-20(26)19(25)18(24)16(9-22)28-21)6-11-3-2-10-7-13(23)4-5-14(10)17(11)15/h4-8,16,18-26H,2-3,9H2,1H3/t16-,18+,19+,20-,21+/m1/s1. The Kier molecular flexibility index (Phi) is 5.03. The van der Waals surface area contributed by atoms with Gasteiger partial charge in [0.25, 0.3) is 0 Å². The minimum absolute atomic E-state index is 0.221. The van der Waals surface area contributed by atoms with Gasteiger partial charge in [-0.3, -0.25) is 0 Å². The molecule has 7 nitrogen and oxygen atoms in total. The Labute approximate surface area is 162 Å². The number of fused-ring (bicyclic) bond motifs is 3. The Morgan fingerprint density at radius 1 is 1.00 bits per heavy atom. The predicted molar refractivity (Wildman–Crippen MR) is 100 cm³/mol. The van der Waals surface area contributed by atoms with Crippen molar-refractivity contribution in [1.29, 1.82) is 0 Å². The summed E-state index contributed by atoms with van der Waals surface area (Å²) in [6.45, 7) is -0.472. The predicted octanol–water partition coefficient (Wildman–Crippen LogP) is 0.681. The third kappa shape index (κ3) is 3.05. The maximum atomic E-state index is 10.4. The van der Waals surface area contributed by atoms with Gasteiger partial charge in [0.15, 0.2) is 0 Å². The third-order valence-electron chi connectivity index (χ3n) is 5.67. The summed E-state index contributed by atoms with van der Waals surface area (Å²) in [6, 6.07) is 8.90. The first-order valence-electron chi connectivity index (χ1n) is 9.28. The summed E-state index contributed by atoms with van der Waals surface area (Å²) in [4.78, 5) is 0. The summed E-state index contributed by atoms with van der Waals surface area (Å²) < 4.78 is 11.3. The molecule has 150 valence electrons. The Bertz CT molecular complexity index is 862. The summed E-state index contributed by atoms with van der Waals surface area (Å²) in [5.41, 5.74) is 4.55. The molecule has 0 bridgehead atoms. The Hall–Kier alpha value is -2.16. The highest BCUT2D eigenvalue weighted by Crippen LogP contribution is 2.44. The molecule has 1 aliphatic carbocycles. The first-order valence-corrected chi connectivity index (χ1v) is 9.28. The molecule has 0 saturated carbocycles. The number of aromatic hydroxyl groups is 1. The smallest absolute Gasteiger partial charge is 0.127 e. The molecule has 0 amide bonds. The fourth-order valence-electron chi connectivity index (χ4n) is 4.20. The summed E-state index contributed by atoms with van der Waals surface area (Å²) in [6.07, 6.45) is -4.57. The molecule has 5 N–H and O–H groups in total. The van der Waals surface area contributed by atoms with Crippen molar-refractivity contribution in [3.63, 3.8) is 0 Å². The lowest BCUT2D eigenvalue weighted by atomic mass is 9.82. The number of hydrogen-bond acceptors (Lipinski definition) is 7. The molecule has 1 aliphatic heterocycles. The van der Waals surface area contributed by atoms with E-state index in [1.807, 2.05) is 12.1 Å². The Morgan fingerprint density at radius 3 is 2.46 bits per heavy atom. The molecule has 1 fully saturated rings. The Morgan fingerprint density at radius 2 is 1.75 bits per heavy atom. The van der Waals surface area contributed by atoms with E-state index in [1.54, 1.807) is 25.3 Å². The lowest BCUT2D eigenvalue weighted by Gasteiger charge is -2.40. The molecule has 5 atom stereocenters. The van der Waals surface area contributed by atoms with Crippen LogP contribution in [0.2, 0.25) is 0 Å². The quantitative estimate of drug-likeness (QED) is 0.525. The average molecular weight is 388 g/mol. The normalized spacial score (nSPS) is 29.1. The third-order valence-corrected chi connectivity index (χ3v) is 5.67. The van der Waals surface area contributed by atoms with Crippen LogP contribution in [0.1, 0.15) is 22.8 Å².